The lowest BCUT2D eigenvalue weighted by molar-refractivity contribution is -0.117. The van der Waals surface area contributed by atoms with E-state index in [1.54, 1.807) is 4.52 Å². The average molecular weight is 391 g/mol. The second-order valence-corrected chi connectivity index (χ2v) is 8.24. The Balaban J connectivity index is 1.45. The van der Waals surface area contributed by atoms with Gasteiger partial charge in [0.15, 0.2) is 5.82 Å². The number of likely N-dealkylation sites (N-methyl/N-ethyl adjacent to an activating group) is 1. The third-order valence-electron chi connectivity index (χ3n) is 5.96. The Labute approximate surface area is 169 Å². The van der Waals surface area contributed by atoms with Crippen LogP contribution in [0.1, 0.15) is 25.5 Å². The van der Waals surface area contributed by atoms with Crippen LogP contribution < -0.4 is 10.1 Å². The molecule has 0 aromatic carbocycles. The number of ether oxygens (including phenoxy) is 1. The highest BCUT2D eigenvalue weighted by atomic mass is 16.5. The lowest BCUT2D eigenvalue weighted by atomic mass is 10.0. The minimum atomic E-state index is 0.0636. The SMILES string of the molecule is Cc1cc(-c2ccn3nc(NC(=O)C4CC4)cc3c2)c(O[C@@H]2CN(C)[C@@H]2C)cn1. The quantitative estimate of drug-likeness (QED) is 0.723. The molecule has 5 rings (SSSR count). The topological polar surface area (TPSA) is 71.8 Å². The maximum Gasteiger partial charge on any atom is 0.228 e. The molecule has 2 fully saturated rings. The minimum absolute atomic E-state index is 0.0636. The summed E-state index contributed by atoms with van der Waals surface area (Å²) in [7, 11) is 2.10. The highest BCUT2D eigenvalue weighted by molar-refractivity contribution is 5.93. The second-order valence-electron chi connectivity index (χ2n) is 8.24. The van der Waals surface area contributed by atoms with E-state index in [1.165, 1.54) is 0 Å². The van der Waals surface area contributed by atoms with Gasteiger partial charge in [0.1, 0.15) is 11.9 Å². The van der Waals surface area contributed by atoms with Gasteiger partial charge < -0.3 is 10.1 Å². The third-order valence-corrected chi connectivity index (χ3v) is 5.96. The van der Waals surface area contributed by atoms with Gasteiger partial charge in [0, 0.05) is 42.0 Å². The van der Waals surface area contributed by atoms with E-state index in [2.05, 4.69) is 46.4 Å². The smallest absolute Gasteiger partial charge is 0.228 e. The number of rotatable bonds is 5. The van der Waals surface area contributed by atoms with Crippen molar-refractivity contribution in [1.82, 2.24) is 19.5 Å². The van der Waals surface area contributed by atoms with Gasteiger partial charge in [0.25, 0.3) is 0 Å². The van der Waals surface area contributed by atoms with E-state index in [-0.39, 0.29) is 17.9 Å². The van der Waals surface area contributed by atoms with Gasteiger partial charge in [-0.1, -0.05) is 0 Å². The molecule has 3 aromatic heterocycles. The number of carbonyl (C=O) groups excluding carboxylic acids is 1. The number of pyridine rings is 2. The second kappa shape index (κ2) is 6.84. The summed E-state index contributed by atoms with van der Waals surface area (Å²) in [6.45, 7) is 5.07. The number of hydrogen-bond donors (Lipinski definition) is 1. The molecule has 0 bridgehead atoms. The van der Waals surface area contributed by atoms with Crippen molar-refractivity contribution in [2.24, 2.45) is 5.92 Å². The average Bonchev–Trinajstić information content (AvgIpc) is 3.49. The molecule has 1 saturated carbocycles. The van der Waals surface area contributed by atoms with E-state index in [0.717, 1.165) is 47.5 Å². The number of amides is 1. The first-order chi connectivity index (χ1) is 14.0. The highest BCUT2D eigenvalue weighted by Crippen LogP contribution is 2.34. The van der Waals surface area contributed by atoms with Crippen molar-refractivity contribution in [3.63, 3.8) is 0 Å². The van der Waals surface area contributed by atoms with Crippen molar-refractivity contribution in [2.75, 3.05) is 18.9 Å². The first kappa shape index (κ1) is 18.1. The van der Waals surface area contributed by atoms with E-state index in [0.29, 0.717) is 11.9 Å². The van der Waals surface area contributed by atoms with Crippen molar-refractivity contribution in [1.29, 1.82) is 0 Å². The number of carbonyl (C=O) groups is 1. The molecule has 3 aromatic rings. The van der Waals surface area contributed by atoms with Crippen molar-refractivity contribution in [2.45, 2.75) is 38.8 Å². The van der Waals surface area contributed by atoms with Gasteiger partial charge in [0.2, 0.25) is 5.91 Å². The standard InChI is InChI=1S/C22H25N5O2/c1-13-8-18(19(11-23-13)29-20-12-26(3)14(20)2)16-6-7-27-17(9-16)10-21(25-27)24-22(28)15-4-5-15/h6-11,14-15,20H,4-5,12H2,1-3H3,(H,24,25,28)/t14-,20-/m1/s1. The summed E-state index contributed by atoms with van der Waals surface area (Å²) >= 11 is 0. The van der Waals surface area contributed by atoms with E-state index in [9.17, 15) is 4.79 Å². The molecule has 1 aliphatic heterocycles. The molecular weight excluding hydrogens is 366 g/mol. The fraction of sp³-hybridized carbons (Fsp3) is 0.409. The zero-order chi connectivity index (χ0) is 20.1. The maximum absolute atomic E-state index is 12.0. The van der Waals surface area contributed by atoms with Crippen molar-refractivity contribution < 1.29 is 9.53 Å². The Bertz CT molecular complexity index is 1090. The number of fused-ring (bicyclic) bond motifs is 1. The fourth-order valence-corrected chi connectivity index (χ4v) is 3.71. The number of nitrogens with one attached hydrogen (secondary N) is 1. The van der Waals surface area contributed by atoms with Crippen LogP contribution in [0.25, 0.3) is 16.6 Å². The van der Waals surface area contributed by atoms with Gasteiger partial charge in [0.05, 0.1) is 11.7 Å². The van der Waals surface area contributed by atoms with Crippen LogP contribution >= 0.6 is 0 Å². The van der Waals surface area contributed by atoms with Crippen LogP contribution in [0.15, 0.2) is 36.7 Å². The van der Waals surface area contributed by atoms with Crippen LogP contribution in [-0.2, 0) is 4.79 Å². The summed E-state index contributed by atoms with van der Waals surface area (Å²) in [5, 5.41) is 7.38. The summed E-state index contributed by atoms with van der Waals surface area (Å²) in [5.41, 5.74) is 3.92. The van der Waals surface area contributed by atoms with Crippen LogP contribution in [-0.4, -0.2) is 51.1 Å². The van der Waals surface area contributed by atoms with Crippen molar-refractivity contribution >= 4 is 17.2 Å². The summed E-state index contributed by atoms with van der Waals surface area (Å²) in [4.78, 5) is 18.7. The first-order valence-corrected chi connectivity index (χ1v) is 10.1. The predicted octanol–water partition coefficient (Wildman–Crippen LogP) is 3.13. The molecule has 1 aliphatic carbocycles. The largest absolute Gasteiger partial charge is 0.485 e. The summed E-state index contributed by atoms with van der Waals surface area (Å²) in [5.74, 6) is 1.61. The summed E-state index contributed by atoms with van der Waals surface area (Å²) < 4.78 is 8.07. The Morgan fingerprint density at radius 3 is 2.83 bits per heavy atom. The predicted molar refractivity (Wildman–Crippen MR) is 111 cm³/mol. The van der Waals surface area contributed by atoms with Crippen molar-refractivity contribution in [3.8, 4) is 16.9 Å². The molecule has 1 saturated heterocycles. The number of hydrogen-bond acceptors (Lipinski definition) is 5. The van der Waals surface area contributed by atoms with Crippen LogP contribution in [0, 0.1) is 12.8 Å². The Morgan fingerprint density at radius 1 is 1.28 bits per heavy atom. The van der Waals surface area contributed by atoms with Crippen LogP contribution in [0.4, 0.5) is 5.82 Å². The minimum Gasteiger partial charge on any atom is -0.485 e. The lowest BCUT2D eigenvalue weighted by Gasteiger charge is -2.43. The number of likely N-dealkylation sites (tertiary alicyclic amines) is 1. The van der Waals surface area contributed by atoms with E-state index in [4.69, 9.17) is 4.74 Å². The van der Waals surface area contributed by atoms with Crippen molar-refractivity contribution in [3.05, 3.63) is 42.4 Å². The van der Waals surface area contributed by atoms with Gasteiger partial charge in [-0.15, -0.1) is 0 Å². The molecule has 1 N–H and O–H groups in total. The van der Waals surface area contributed by atoms with Gasteiger partial charge in [-0.05, 0) is 57.5 Å². The number of anilines is 1. The van der Waals surface area contributed by atoms with Gasteiger partial charge >= 0.3 is 0 Å². The van der Waals surface area contributed by atoms with E-state index >= 15 is 0 Å². The van der Waals surface area contributed by atoms with E-state index < -0.39 is 0 Å². The van der Waals surface area contributed by atoms with Gasteiger partial charge in [-0.3, -0.25) is 14.7 Å². The number of nitrogens with zero attached hydrogens (tertiary/aromatic N) is 4. The molecule has 150 valence electrons. The zero-order valence-electron chi connectivity index (χ0n) is 16.9. The Morgan fingerprint density at radius 2 is 2.10 bits per heavy atom. The molecule has 4 heterocycles. The molecule has 2 atom stereocenters. The first-order valence-electron chi connectivity index (χ1n) is 10.1. The molecular formula is C22H25N5O2. The molecule has 0 radical (unpaired) electrons. The van der Waals surface area contributed by atoms with Gasteiger partial charge in [-0.2, -0.15) is 5.10 Å². The summed E-state index contributed by atoms with van der Waals surface area (Å²) in [6.07, 6.45) is 5.85. The molecule has 2 aliphatic rings. The lowest BCUT2D eigenvalue weighted by Crippen LogP contribution is -2.58. The Kier molecular flexibility index (Phi) is 4.28. The molecule has 29 heavy (non-hydrogen) atoms. The summed E-state index contributed by atoms with van der Waals surface area (Å²) in [6, 6.07) is 8.43. The molecule has 1 amide bonds. The number of aromatic nitrogens is 3. The van der Waals surface area contributed by atoms with Crippen LogP contribution in [0.2, 0.25) is 0 Å². The number of aryl methyl sites for hydroxylation is 1. The molecule has 0 unspecified atom stereocenters. The molecule has 7 nitrogen and oxygen atoms in total. The monoisotopic (exact) mass is 391 g/mol. The molecule has 0 spiro atoms. The third kappa shape index (κ3) is 3.46. The molecule has 7 heteroatoms. The van der Waals surface area contributed by atoms with Crippen LogP contribution in [0.5, 0.6) is 5.75 Å². The maximum atomic E-state index is 12.0. The van der Waals surface area contributed by atoms with Crippen LogP contribution in [0.3, 0.4) is 0 Å². The fourth-order valence-electron chi connectivity index (χ4n) is 3.71. The zero-order valence-corrected chi connectivity index (χ0v) is 16.9. The normalized spacial score (nSPS) is 21.8. The van der Waals surface area contributed by atoms with E-state index in [1.807, 2.05) is 31.5 Å². The highest BCUT2D eigenvalue weighted by Gasteiger charge is 2.35. The Hall–Kier alpha value is -2.93. The van der Waals surface area contributed by atoms with Gasteiger partial charge in [-0.25, -0.2) is 4.52 Å².